The molecule has 136 valence electrons. The summed E-state index contributed by atoms with van der Waals surface area (Å²) in [7, 11) is 0. The number of pyridine rings is 1. The molecule has 1 aromatic heterocycles. The summed E-state index contributed by atoms with van der Waals surface area (Å²) in [6.07, 6.45) is 3.73. The highest BCUT2D eigenvalue weighted by Crippen LogP contribution is 2.63. The maximum Gasteiger partial charge on any atom is 0.255 e. The van der Waals surface area contributed by atoms with Crippen molar-refractivity contribution < 1.29 is 13.9 Å². The quantitative estimate of drug-likeness (QED) is 0.839. The van der Waals surface area contributed by atoms with E-state index in [1.165, 1.54) is 12.3 Å². The molecule has 1 saturated carbocycles. The zero-order valence-electron chi connectivity index (χ0n) is 15.0. The first kappa shape index (κ1) is 16.9. The number of morpholine rings is 1. The van der Waals surface area contributed by atoms with E-state index >= 15 is 0 Å². The summed E-state index contributed by atoms with van der Waals surface area (Å²) in [5, 5.41) is 0. The van der Waals surface area contributed by atoms with Crippen LogP contribution in [-0.2, 0) is 4.74 Å². The van der Waals surface area contributed by atoms with Crippen LogP contribution in [0.1, 0.15) is 30.6 Å². The van der Waals surface area contributed by atoms with Gasteiger partial charge >= 0.3 is 0 Å². The molecule has 1 aromatic rings. The van der Waals surface area contributed by atoms with E-state index < -0.39 is 5.82 Å². The molecule has 1 amide bonds. The highest BCUT2D eigenvalue weighted by Gasteiger charge is 2.63. The Labute approximate surface area is 148 Å². The lowest BCUT2D eigenvalue weighted by Crippen LogP contribution is -2.59. The van der Waals surface area contributed by atoms with Gasteiger partial charge in [-0.1, -0.05) is 13.8 Å². The fraction of sp³-hybridized carbons (Fsp3) is 0.684. The maximum atomic E-state index is 13.4. The van der Waals surface area contributed by atoms with E-state index in [1.807, 2.05) is 4.90 Å². The first-order valence-corrected chi connectivity index (χ1v) is 9.10. The molecular weight excluding hydrogens is 321 g/mol. The molecule has 2 aliphatic heterocycles. The van der Waals surface area contributed by atoms with Crippen LogP contribution in [0.15, 0.2) is 18.5 Å². The van der Waals surface area contributed by atoms with Crippen LogP contribution in [0.3, 0.4) is 0 Å². The van der Waals surface area contributed by atoms with Crippen molar-refractivity contribution in [1.82, 2.24) is 14.8 Å². The molecule has 0 aromatic carbocycles. The Morgan fingerprint density at radius 3 is 2.80 bits per heavy atom. The molecule has 0 radical (unpaired) electrons. The molecule has 0 bridgehead atoms. The second-order valence-electron chi connectivity index (χ2n) is 8.55. The van der Waals surface area contributed by atoms with Crippen LogP contribution in [0.2, 0.25) is 0 Å². The standard InChI is InChI=1S/C19H26FN3O2/c1-18(2)11-19(12-22-3-5-25-6-4-22)13-23(10-16(18)19)17(24)14-7-15(20)9-21-8-14/h7-9,16H,3-6,10-13H2,1-2H3/t16-,19+/m1/s1. The van der Waals surface area contributed by atoms with Crippen molar-refractivity contribution in [1.29, 1.82) is 0 Å². The molecule has 0 spiro atoms. The predicted octanol–water partition coefficient (Wildman–Crippen LogP) is 2.04. The predicted molar refractivity (Wildman–Crippen MR) is 91.7 cm³/mol. The van der Waals surface area contributed by atoms with Gasteiger partial charge in [0.05, 0.1) is 25.0 Å². The fourth-order valence-electron chi connectivity index (χ4n) is 5.41. The zero-order chi connectivity index (χ0) is 17.7. The van der Waals surface area contributed by atoms with Gasteiger partial charge in [-0.25, -0.2) is 4.39 Å². The smallest absolute Gasteiger partial charge is 0.255 e. The average Bonchev–Trinajstić information content (AvgIpc) is 2.89. The first-order chi connectivity index (χ1) is 11.9. The Morgan fingerprint density at radius 1 is 1.36 bits per heavy atom. The van der Waals surface area contributed by atoms with E-state index in [9.17, 15) is 9.18 Å². The van der Waals surface area contributed by atoms with Crippen LogP contribution < -0.4 is 0 Å². The Bertz CT molecular complexity index is 674. The van der Waals surface area contributed by atoms with Crippen molar-refractivity contribution in [2.75, 3.05) is 45.9 Å². The van der Waals surface area contributed by atoms with Gasteiger partial charge in [0.25, 0.3) is 5.91 Å². The topological polar surface area (TPSA) is 45.7 Å². The van der Waals surface area contributed by atoms with Crippen LogP contribution in [0.4, 0.5) is 4.39 Å². The van der Waals surface area contributed by atoms with E-state index in [-0.39, 0.29) is 16.7 Å². The SMILES string of the molecule is CC1(C)C[C@]2(CN3CCOCC3)CN(C(=O)c3cncc(F)c3)C[C@H]12. The third-order valence-electron chi connectivity index (χ3n) is 6.28. The number of aromatic nitrogens is 1. The molecule has 2 atom stereocenters. The number of nitrogens with zero attached hydrogens (tertiary/aromatic N) is 3. The van der Waals surface area contributed by atoms with E-state index in [0.29, 0.717) is 11.5 Å². The maximum absolute atomic E-state index is 13.4. The number of rotatable bonds is 3. The lowest BCUT2D eigenvalue weighted by molar-refractivity contribution is -0.0966. The number of amides is 1. The van der Waals surface area contributed by atoms with Gasteiger partial charge in [-0.2, -0.15) is 0 Å². The zero-order valence-corrected chi connectivity index (χ0v) is 15.0. The molecule has 0 N–H and O–H groups in total. The molecule has 3 heterocycles. The summed E-state index contributed by atoms with van der Waals surface area (Å²) in [6.45, 7) is 10.7. The highest BCUT2D eigenvalue weighted by molar-refractivity contribution is 5.94. The van der Waals surface area contributed by atoms with Gasteiger partial charge in [0, 0.05) is 44.3 Å². The Kier molecular flexibility index (Phi) is 4.07. The summed E-state index contributed by atoms with van der Waals surface area (Å²) in [6, 6.07) is 1.29. The van der Waals surface area contributed by atoms with Gasteiger partial charge in [0.1, 0.15) is 5.82 Å². The lowest BCUT2D eigenvalue weighted by Gasteiger charge is -2.58. The molecule has 3 aliphatic rings. The molecule has 6 heteroatoms. The van der Waals surface area contributed by atoms with Gasteiger partial charge in [-0.3, -0.25) is 14.7 Å². The molecule has 25 heavy (non-hydrogen) atoms. The van der Waals surface area contributed by atoms with Gasteiger partial charge in [0.15, 0.2) is 0 Å². The molecular formula is C19H26FN3O2. The van der Waals surface area contributed by atoms with Crippen molar-refractivity contribution in [3.8, 4) is 0 Å². The molecule has 3 fully saturated rings. The van der Waals surface area contributed by atoms with E-state index in [2.05, 4.69) is 23.7 Å². The van der Waals surface area contributed by atoms with Gasteiger partial charge in [-0.05, 0) is 23.8 Å². The third kappa shape index (κ3) is 2.95. The Balaban J connectivity index is 1.52. The van der Waals surface area contributed by atoms with Crippen LogP contribution in [0.25, 0.3) is 0 Å². The number of carbonyl (C=O) groups excluding carboxylic acids is 1. The van der Waals surface area contributed by atoms with Gasteiger partial charge in [-0.15, -0.1) is 0 Å². The third-order valence-corrected chi connectivity index (χ3v) is 6.28. The largest absolute Gasteiger partial charge is 0.379 e. The average molecular weight is 347 g/mol. The van der Waals surface area contributed by atoms with Crippen molar-refractivity contribution in [3.05, 3.63) is 29.8 Å². The number of carbonyl (C=O) groups is 1. The van der Waals surface area contributed by atoms with Gasteiger partial charge < -0.3 is 9.64 Å². The van der Waals surface area contributed by atoms with E-state index in [1.54, 1.807) is 0 Å². The lowest BCUT2D eigenvalue weighted by atomic mass is 9.48. The Morgan fingerprint density at radius 2 is 2.12 bits per heavy atom. The van der Waals surface area contributed by atoms with Crippen molar-refractivity contribution >= 4 is 5.91 Å². The minimum absolute atomic E-state index is 0.0986. The van der Waals surface area contributed by atoms with E-state index in [4.69, 9.17) is 4.74 Å². The molecule has 4 rings (SSSR count). The monoisotopic (exact) mass is 347 g/mol. The minimum atomic E-state index is -0.462. The van der Waals surface area contributed by atoms with Crippen molar-refractivity contribution in [3.63, 3.8) is 0 Å². The van der Waals surface area contributed by atoms with Crippen molar-refractivity contribution in [2.24, 2.45) is 16.7 Å². The molecule has 5 nitrogen and oxygen atoms in total. The second-order valence-corrected chi connectivity index (χ2v) is 8.55. The normalized spacial score (nSPS) is 31.5. The number of likely N-dealkylation sites (tertiary alicyclic amines) is 1. The molecule has 1 aliphatic carbocycles. The van der Waals surface area contributed by atoms with Crippen LogP contribution >= 0.6 is 0 Å². The number of halogens is 1. The molecule has 0 unspecified atom stereocenters. The Hall–Kier alpha value is -1.53. The molecule has 2 saturated heterocycles. The summed E-state index contributed by atoms with van der Waals surface area (Å²) in [5.74, 6) is -0.0664. The number of hydrogen-bond acceptors (Lipinski definition) is 4. The summed E-state index contributed by atoms with van der Waals surface area (Å²) in [4.78, 5) is 21.1. The van der Waals surface area contributed by atoms with E-state index in [0.717, 1.165) is 58.6 Å². The fourth-order valence-corrected chi connectivity index (χ4v) is 5.41. The summed E-state index contributed by atoms with van der Waals surface area (Å²) >= 11 is 0. The van der Waals surface area contributed by atoms with Crippen LogP contribution in [0, 0.1) is 22.6 Å². The highest BCUT2D eigenvalue weighted by atomic mass is 19.1. The van der Waals surface area contributed by atoms with Crippen LogP contribution in [-0.4, -0.2) is 66.6 Å². The van der Waals surface area contributed by atoms with Crippen LogP contribution in [0.5, 0.6) is 0 Å². The number of ether oxygens (including phenoxy) is 1. The first-order valence-electron chi connectivity index (χ1n) is 9.10. The van der Waals surface area contributed by atoms with Crippen molar-refractivity contribution in [2.45, 2.75) is 20.3 Å². The number of hydrogen-bond donors (Lipinski definition) is 0. The minimum Gasteiger partial charge on any atom is -0.379 e. The van der Waals surface area contributed by atoms with Gasteiger partial charge in [0.2, 0.25) is 0 Å². The summed E-state index contributed by atoms with van der Waals surface area (Å²) < 4.78 is 18.9. The number of fused-ring (bicyclic) bond motifs is 1. The second kappa shape index (κ2) is 6.02. The summed E-state index contributed by atoms with van der Waals surface area (Å²) in [5.41, 5.74) is 0.763.